The highest BCUT2D eigenvalue weighted by atomic mass is 16.5. The van der Waals surface area contributed by atoms with E-state index < -0.39 is 6.10 Å². The molecule has 0 spiro atoms. The molecular formula is C18H21N3O4. The van der Waals surface area contributed by atoms with Crippen LogP contribution in [0.5, 0.6) is 5.75 Å². The molecule has 7 nitrogen and oxygen atoms in total. The summed E-state index contributed by atoms with van der Waals surface area (Å²) in [6.07, 6.45) is 1.12. The van der Waals surface area contributed by atoms with Gasteiger partial charge in [0.2, 0.25) is 5.91 Å². The third-order valence-corrected chi connectivity index (χ3v) is 3.39. The molecule has 0 radical (unpaired) electrons. The zero-order chi connectivity index (χ0) is 17.9. The van der Waals surface area contributed by atoms with Gasteiger partial charge in [-0.15, -0.1) is 0 Å². The molecule has 1 atom stereocenters. The molecule has 7 heteroatoms. The second-order valence-electron chi connectivity index (χ2n) is 5.38. The molecule has 0 saturated carbocycles. The number of carbonyl (C=O) groups excluding carboxylic acids is 1. The van der Waals surface area contributed by atoms with Crippen molar-refractivity contribution in [2.75, 3.05) is 19.7 Å². The number of ether oxygens (including phenoxy) is 1. The second-order valence-corrected chi connectivity index (χ2v) is 5.38. The minimum atomic E-state index is -0.738. The average Bonchev–Trinajstić information content (AvgIpc) is 3.15. The zero-order valence-corrected chi connectivity index (χ0v) is 13.8. The highest BCUT2D eigenvalue weighted by Crippen LogP contribution is 2.16. The Morgan fingerprint density at radius 3 is 2.92 bits per heavy atom. The van der Waals surface area contributed by atoms with Crippen molar-refractivity contribution in [2.45, 2.75) is 19.1 Å². The van der Waals surface area contributed by atoms with Crippen LogP contribution in [0.25, 0.3) is 0 Å². The molecule has 3 N–H and O–H groups in total. The topological polar surface area (TPSA) is 108 Å². The number of carbonyl (C=O) groups is 1. The molecule has 0 saturated heterocycles. The van der Waals surface area contributed by atoms with Crippen molar-refractivity contribution >= 4 is 5.91 Å². The normalized spacial score (nSPS) is 11.5. The van der Waals surface area contributed by atoms with Gasteiger partial charge in [-0.1, -0.05) is 12.1 Å². The van der Waals surface area contributed by atoms with E-state index in [1.807, 2.05) is 6.07 Å². The fourth-order valence-corrected chi connectivity index (χ4v) is 2.09. The van der Waals surface area contributed by atoms with Gasteiger partial charge in [0, 0.05) is 19.5 Å². The quantitative estimate of drug-likeness (QED) is 0.559. The number of hydrogen-bond donors (Lipinski definition) is 3. The van der Waals surface area contributed by atoms with E-state index in [0.29, 0.717) is 43.1 Å². The number of para-hydroxylation sites is 1. The lowest BCUT2D eigenvalue weighted by atomic mass is 10.2. The minimum Gasteiger partial charge on any atom is -0.489 e. The van der Waals surface area contributed by atoms with Gasteiger partial charge in [0.05, 0.1) is 18.4 Å². The number of hydrogen-bond acceptors (Lipinski definition) is 6. The van der Waals surface area contributed by atoms with Gasteiger partial charge in [-0.05, 0) is 24.3 Å². The van der Waals surface area contributed by atoms with Crippen molar-refractivity contribution in [2.24, 2.45) is 0 Å². The molecule has 0 bridgehead atoms. The summed E-state index contributed by atoms with van der Waals surface area (Å²) >= 11 is 0. The lowest BCUT2D eigenvalue weighted by molar-refractivity contribution is -0.121. The summed E-state index contributed by atoms with van der Waals surface area (Å²) in [6.45, 7) is 1.16. The summed E-state index contributed by atoms with van der Waals surface area (Å²) in [7, 11) is 0. The maximum atomic E-state index is 11.7. The lowest BCUT2D eigenvalue weighted by Gasteiger charge is -2.14. The Labute approximate surface area is 146 Å². The van der Waals surface area contributed by atoms with Crippen molar-refractivity contribution in [3.8, 4) is 11.8 Å². The Morgan fingerprint density at radius 1 is 1.32 bits per heavy atom. The molecule has 2 aromatic rings. The Balaban J connectivity index is 1.56. The Morgan fingerprint density at radius 2 is 2.16 bits per heavy atom. The lowest BCUT2D eigenvalue weighted by Crippen LogP contribution is -2.34. The number of rotatable bonds is 10. The highest BCUT2D eigenvalue weighted by Gasteiger charge is 2.08. The minimum absolute atomic E-state index is 0.0659. The van der Waals surface area contributed by atoms with E-state index in [2.05, 4.69) is 10.6 Å². The van der Waals surface area contributed by atoms with Gasteiger partial charge in [-0.25, -0.2) is 0 Å². The number of nitrogens with one attached hydrogen (secondary N) is 2. The van der Waals surface area contributed by atoms with Crippen LogP contribution < -0.4 is 15.4 Å². The van der Waals surface area contributed by atoms with Crippen LogP contribution in [0.3, 0.4) is 0 Å². The Hall–Kier alpha value is -2.82. The van der Waals surface area contributed by atoms with Gasteiger partial charge in [0.25, 0.3) is 0 Å². The first-order chi connectivity index (χ1) is 12.2. The van der Waals surface area contributed by atoms with Crippen molar-refractivity contribution in [1.29, 1.82) is 5.26 Å². The molecule has 1 heterocycles. The first-order valence-electron chi connectivity index (χ1n) is 7.99. The van der Waals surface area contributed by atoms with Gasteiger partial charge in [0.1, 0.15) is 30.3 Å². The third kappa shape index (κ3) is 6.67. The van der Waals surface area contributed by atoms with Gasteiger partial charge >= 0.3 is 0 Å². The fraction of sp³-hybridized carbons (Fsp3) is 0.333. The van der Waals surface area contributed by atoms with E-state index in [-0.39, 0.29) is 12.5 Å². The molecular weight excluding hydrogens is 322 g/mol. The van der Waals surface area contributed by atoms with Gasteiger partial charge in [0.15, 0.2) is 0 Å². The van der Waals surface area contributed by atoms with Crippen LogP contribution in [0.2, 0.25) is 0 Å². The van der Waals surface area contributed by atoms with E-state index in [9.17, 15) is 9.90 Å². The summed E-state index contributed by atoms with van der Waals surface area (Å²) in [4.78, 5) is 11.7. The molecule has 2 rings (SSSR count). The van der Waals surface area contributed by atoms with E-state index in [1.54, 1.807) is 42.7 Å². The van der Waals surface area contributed by atoms with Crippen molar-refractivity contribution < 1.29 is 19.1 Å². The number of furan rings is 1. The standard InChI is InChI=1S/C18H21N3O4/c19-10-14-4-1-2-6-17(14)25-13-15(22)11-20-8-7-18(23)21-12-16-5-3-9-24-16/h1-6,9,15,20,22H,7-8,11-13H2,(H,21,23). The van der Waals surface area contributed by atoms with Crippen molar-refractivity contribution in [3.63, 3.8) is 0 Å². The molecule has 1 aromatic heterocycles. The summed E-state index contributed by atoms with van der Waals surface area (Å²) in [5.41, 5.74) is 0.427. The predicted octanol–water partition coefficient (Wildman–Crippen LogP) is 1.19. The van der Waals surface area contributed by atoms with Crippen LogP contribution in [0.15, 0.2) is 47.1 Å². The molecule has 0 aliphatic heterocycles. The van der Waals surface area contributed by atoms with Crippen LogP contribution in [0.1, 0.15) is 17.7 Å². The molecule has 132 valence electrons. The van der Waals surface area contributed by atoms with E-state index in [0.717, 1.165) is 0 Å². The maximum Gasteiger partial charge on any atom is 0.221 e. The maximum absolute atomic E-state index is 11.7. The molecule has 0 fully saturated rings. The molecule has 1 amide bonds. The van der Waals surface area contributed by atoms with Gasteiger partial charge < -0.3 is 24.9 Å². The van der Waals surface area contributed by atoms with E-state index >= 15 is 0 Å². The third-order valence-electron chi connectivity index (χ3n) is 3.39. The second kappa shape index (κ2) is 10.1. The Bertz CT molecular complexity index is 695. The van der Waals surface area contributed by atoms with E-state index in [4.69, 9.17) is 14.4 Å². The number of nitrogens with zero attached hydrogens (tertiary/aromatic N) is 1. The number of aliphatic hydroxyl groups excluding tert-OH is 1. The molecule has 25 heavy (non-hydrogen) atoms. The molecule has 1 aromatic carbocycles. The number of nitriles is 1. The number of aliphatic hydroxyl groups is 1. The number of benzene rings is 1. The first kappa shape index (κ1) is 18.5. The summed E-state index contributed by atoms with van der Waals surface area (Å²) in [5.74, 6) is 1.05. The average molecular weight is 343 g/mol. The molecule has 0 aliphatic carbocycles. The predicted molar refractivity (Wildman–Crippen MR) is 90.7 cm³/mol. The van der Waals surface area contributed by atoms with Crippen LogP contribution in [-0.2, 0) is 11.3 Å². The fourth-order valence-electron chi connectivity index (χ4n) is 2.09. The van der Waals surface area contributed by atoms with Gasteiger partial charge in [-0.3, -0.25) is 4.79 Å². The van der Waals surface area contributed by atoms with Crippen LogP contribution in [-0.4, -0.2) is 36.8 Å². The Kier molecular flexibility index (Phi) is 7.50. The molecule has 1 unspecified atom stereocenters. The van der Waals surface area contributed by atoms with Crippen LogP contribution >= 0.6 is 0 Å². The molecule has 0 aliphatic rings. The van der Waals surface area contributed by atoms with E-state index in [1.165, 1.54) is 0 Å². The summed E-state index contributed by atoms with van der Waals surface area (Å²) in [6, 6.07) is 12.4. The van der Waals surface area contributed by atoms with Crippen molar-refractivity contribution in [1.82, 2.24) is 10.6 Å². The van der Waals surface area contributed by atoms with Crippen molar-refractivity contribution in [3.05, 3.63) is 54.0 Å². The zero-order valence-electron chi connectivity index (χ0n) is 13.8. The smallest absolute Gasteiger partial charge is 0.221 e. The van der Waals surface area contributed by atoms with Crippen LogP contribution in [0, 0.1) is 11.3 Å². The number of amides is 1. The summed E-state index contributed by atoms with van der Waals surface area (Å²) in [5, 5.41) is 24.6. The first-order valence-corrected chi connectivity index (χ1v) is 7.99. The monoisotopic (exact) mass is 343 g/mol. The van der Waals surface area contributed by atoms with Gasteiger partial charge in [-0.2, -0.15) is 5.26 Å². The largest absolute Gasteiger partial charge is 0.489 e. The summed E-state index contributed by atoms with van der Waals surface area (Å²) < 4.78 is 10.6. The SMILES string of the molecule is N#Cc1ccccc1OCC(O)CNCCC(=O)NCc1ccco1. The highest BCUT2D eigenvalue weighted by molar-refractivity contribution is 5.75. The van der Waals surface area contributed by atoms with Crippen LogP contribution in [0.4, 0.5) is 0 Å².